The number of thioether (sulfide) groups is 1. The zero-order valence-electron chi connectivity index (χ0n) is 19.1. The normalized spacial score (nSPS) is 25.1. The monoisotopic (exact) mass is 550 g/mol. The molecule has 0 bridgehead atoms. The molecule has 2 amide bonds. The molecule has 1 aromatic carbocycles. The fourth-order valence-corrected chi connectivity index (χ4v) is 7.12. The zero-order chi connectivity index (χ0) is 23.9. The van der Waals surface area contributed by atoms with Gasteiger partial charge in [0.15, 0.2) is 5.17 Å². The van der Waals surface area contributed by atoms with E-state index >= 15 is 0 Å². The van der Waals surface area contributed by atoms with Crippen molar-refractivity contribution in [3.8, 4) is 0 Å². The number of carbonyl (C=O) groups is 2. The van der Waals surface area contributed by atoms with Gasteiger partial charge in [-0.3, -0.25) is 4.79 Å². The summed E-state index contributed by atoms with van der Waals surface area (Å²) in [5, 5.41) is 2.40. The second kappa shape index (κ2) is 9.17. The van der Waals surface area contributed by atoms with E-state index < -0.39 is 23.1 Å². The number of rotatable bonds is 2. The van der Waals surface area contributed by atoms with Crippen LogP contribution in [0.1, 0.15) is 49.4 Å². The molecular formula is C24H27BrN2O4S2. The number of hydrogen-bond donors (Lipinski definition) is 0. The van der Waals surface area contributed by atoms with E-state index in [0.29, 0.717) is 36.1 Å². The highest BCUT2D eigenvalue weighted by molar-refractivity contribution is 9.10. The Kier molecular flexibility index (Phi) is 6.79. The number of thiophene rings is 1. The van der Waals surface area contributed by atoms with E-state index in [4.69, 9.17) is 14.5 Å². The average molecular weight is 552 g/mol. The zero-order valence-corrected chi connectivity index (χ0v) is 22.3. The first-order valence-corrected chi connectivity index (χ1v) is 13.4. The van der Waals surface area contributed by atoms with Crippen LogP contribution in [0.2, 0.25) is 0 Å². The third-order valence-electron chi connectivity index (χ3n) is 5.80. The summed E-state index contributed by atoms with van der Waals surface area (Å²) in [6.07, 6.45) is -0.0527. The van der Waals surface area contributed by atoms with Crippen molar-refractivity contribution in [1.82, 2.24) is 4.90 Å². The van der Waals surface area contributed by atoms with Crippen LogP contribution in [0.5, 0.6) is 0 Å². The molecule has 6 nitrogen and oxygen atoms in total. The minimum absolute atomic E-state index is 0.279. The van der Waals surface area contributed by atoms with Gasteiger partial charge in [-0.05, 0) is 54.9 Å². The topological polar surface area (TPSA) is 68.2 Å². The molecule has 3 heterocycles. The summed E-state index contributed by atoms with van der Waals surface area (Å²) < 4.78 is 12.5. The Morgan fingerprint density at radius 1 is 1.24 bits per heavy atom. The van der Waals surface area contributed by atoms with Crippen LogP contribution in [0.3, 0.4) is 0 Å². The van der Waals surface area contributed by atoms with Gasteiger partial charge in [0.25, 0.3) is 5.91 Å². The third kappa shape index (κ3) is 4.78. The van der Waals surface area contributed by atoms with Crippen molar-refractivity contribution in [1.29, 1.82) is 0 Å². The number of amidine groups is 1. The molecule has 2 aliphatic rings. The molecule has 176 valence electrons. The highest BCUT2D eigenvalue weighted by Gasteiger charge is 2.56. The summed E-state index contributed by atoms with van der Waals surface area (Å²) in [4.78, 5) is 34.3. The van der Waals surface area contributed by atoms with E-state index in [1.807, 2.05) is 11.4 Å². The maximum absolute atomic E-state index is 13.6. The van der Waals surface area contributed by atoms with Crippen LogP contribution in [0, 0.1) is 5.41 Å². The van der Waals surface area contributed by atoms with Crippen LogP contribution in [-0.4, -0.2) is 46.6 Å². The van der Waals surface area contributed by atoms with E-state index in [-0.39, 0.29) is 5.41 Å². The Hall–Kier alpha value is -1.68. The Morgan fingerprint density at radius 3 is 2.61 bits per heavy atom. The smallest absolute Gasteiger partial charge is 0.423 e. The van der Waals surface area contributed by atoms with Crippen molar-refractivity contribution in [3.05, 3.63) is 56.7 Å². The number of amides is 2. The van der Waals surface area contributed by atoms with Crippen molar-refractivity contribution >= 4 is 56.2 Å². The Labute approximate surface area is 210 Å². The lowest BCUT2D eigenvalue weighted by atomic mass is 9.68. The number of imide groups is 1. The summed E-state index contributed by atoms with van der Waals surface area (Å²) >= 11 is 6.60. The summed E-state index contributed by atoms with van der Waals surface area (Å²) in [6.45, 7) is 8.64. The first-order chi connectivity index (χ1) is 15.5. The molecule has 0 saturated carbocycles. The van der Waals surface area contributed by atoms with Crippen LogP contribution in [-0.2, 0) is 15.0 Å². The molecule has 9 heteroatoms. The minimum atomic E-state index is -0.754. The van der Waals surface area contributed by atoms with E-state index in [0.717, 1.165) is 14.2 Å². The highest BCUT2D eigenvalue weighted by Crippen LogP contribution is 2.55. The van der Waals surface area contributed by atoms with Gasteiger partial charge in [0.1, 0.15) is 11.1 Å². The summed E-state index contributed by atoms with van der Waals surface area (Å²) in [7, 11) is 0. The van der Waals surface area contributed by atoms with Gasteiger partial charge in [0, 0.05) is 44.5 Å². The first-order valence-electron chi connectivity index (χ1n) is 10.7. The molecule has 1 fully saturated rings. The van der Waals surface area contributed by atoms with Gasteiger partial charge in [-0.2, -0.15) is 4.90 Å². The van der Waals surface area contributed by atoms with Gasteiger partial charge in [0.05, 0.1) is 6.61 Å². The van der Waals surface area contributed by atoms with Crippen LogP contribution in [0.15, 0.2) is 51.2 Å². The first kappa shape index (κ1) is 24.4. The average Bonchev–Trinajstić information content (AvgIpc) is 3.20. The standard InChI is InChI=1S/C24H27BrN2O4S2/c1-22(2,3)31-21(29)27(19(28)16-8-6-5-7-9-16)20-26-24(18-12-17(25)13-32-18)10-11-30-14-23(24,4)15-33-20/h5-9,12-13H,10-11,14-15H2,1-4H3/t23-,24+/m0/s1. The number of aliphatic imine (C=N–C) groups is 1. The van der Waals surface area contributed by atoms with Crippen molar-refractivity contribution in [3.63, 3.8) is 0 Å². The lowest BCUT2D eigenvalue weighted by Gasteiger charge is -2.51. The predicted octanol–water partition coefficient (Wildman–Crippen LogP) is 6.31. The van der Waals surface area contributed by atoms with E-state index in [1.165, 1.54) is 11.8 Å². The molecule has 33 heavy (non-hydrogen) atoms. The van der Waals surface area contributed by atoms with Crippen molar-refractivity contribution in [2.75, 3.05) is 19.0 Å². The predicted molar refractivity (Wildman–Crippen MR) is 136 cm³/mol. The molecule has 4 rings (SSSR count). The Bertz CT molecular complexity index is 1080. The van der Waals surface area contributed by atoms with Crippen molar-refractivity contribution < 1.29 is 19.1 Å². The molecule has 0 spiro atoms. The van der Waals surface area contributed by atoms with Crippen molar-refractivity contribution in [2.24, 2.45) is 10.4 Å². The number of hydrogen-bond acceptors (Lipinski definition) is 7. The van der Waals surface area contributed by atoms with Gasteiger partial charge >= 0.3 is 6.09 Å². The quantitative estimate of drug-likeness (QED) is 0.438. The maximum atomic E-state index is 13.6. The van der Waals surface area contributed by atoms with E-state index in [1.54, 1.807) is 56.4 Å². The van der Waals surface area contributed by atoms with Crippen LogP contribution in [0.25, 0.3) is 0 Å². The Balaban J connectivity index is 1.84. The van der Waals surface area contributed by atoms with Gasteiger partial charge < -0.3 is 9.47 Å². The van der Waals surface area contributed by atoms with Crippen LogP contribution in [0.4, 0.5) is 4.79 Å². The lowest BCUT2D eigenvalue weighted by molar-refractivity contribution is -0.0456. The number of halogens is 1. The molecule has 0 N–H and O–H groups in total. The number of benzene rings is 1. The number of fused-ring (bicyclic) bond motifs is 1. The molecule has 1 aromatic heterocycles. The number of nitrogens with zero attached hydrogens (tertiary/aromatic N) is 2. The highest BCUT2D eigenvalue weighted by atomic mass is 79.9. The number of carbonyl (C=O) groups excluding carboxylic acids is 2. The van der Waals surface area contributed by atoms with Gasteiger partial charge in [-0.15, -0.1) is 11.3 Å². The maximum Gasteiger partial charge on any atom is 0.423 e. The Morgan fingerprint density at radius 2 is 1.97 bits per heavy atom. The van der Waals surface area contributed by atoms with Crippen molar-refractivity contribution in [2.45, 2.75) is 45.3 Å². The molecule has 0 radical (unpaired) electrons. The van der Waals surface area contributed by atoms with Gasteiger partial charge in [0.2, 0.25) is 0 Å². The van der Waals surface area contributed by atoms with Gasteiger partial charge in [-0.1, -0.05) is 36.9 Å². The molecule has 0 unspecified atom stereocenters. The second-order valence-electron chi connectivity index (χ2n) is 9.52. The molecule has 0 aliphatic carbocycles. The minimum Gasteiger partial charge on any atom is -0.443 e. The van der Waals surface area contributed by atoms with E-state index in [2.05, 4.69) is 28.9 Å². The summed E-state index contributed by atoms with van der Waals surface area (Å²) in [5.41, 5.74) is -1.23. The summed E-state index contributed by atoms with van der Waals surface area (Å²) in [6, 6.07) is 10.9. The molecule has 2 aromatic rings. The third-order valence-corrected chi connectivity index (χ3v) is 8.96. The fourth-order valence-electron chi connectivity index (χ4n) is 4.10. The molecule has 2 aliphatic heterocycles. The molecule has 1 saturated heterocycles. The van der Waals surface area contributed by atoms with Crippen LogP contribution >= 0.6 is 39.0 Å². The summed E-state index contributed by atoms with van der Waals surface area (Å²) in [5.74, 6) is 0.206. The molecule has 2 atom stereocenters. The lowest BCUT2D eigenvalue weighted by Crippen LogP contribution is -2.56. The van der Waals surface area contributed by atoms with E-state index in [9.17, 15) is 9.59 Å². The van der Waals surface area contributed by atoms with Crippen LogP contribution < -0.4 is 0 Å². The van der Waals surface area contributed by atoms with Gasteiger partial charge in [-0.25, -0.2) is 9.79 Å². The fraction of sp³-hybridized carbons (Fsp3) is 0.458. The SMILES string of the molecule is CC(C)(C)OC(=O)N(C(=O)c1ccccc1)C1=N[C@@]2(c3cc(Br)cs3)CCOC[C@@]2(C)CS1. The molecular weight excluding hydrogens is 524 g/mol. The second-order valence-corrected chi connectivity index (χ2v) is 12.3. The largest absolute Gasteiger partial charge is 0.443 e. The number of ether oxygens (including phenoxy) is 2.